The SMILES string of the molecule is COC(=O)NC(=O)C[NH+](C)Cc1cc(OC)c(OC)cc1C. The van der Waals surface area contributed by atoms with Crippen molar-refractivity contribution in [3.05, 3.63) is 23.3 Å². The number of amides is 2. The average Bonchev–Trinajstić information content (AvgIpc) is 2.48. The minimum Gasteiger partial charge on any atom is -0.493 e. The first kappa shape index (κ1) is 17.8. The molecular formula is C15H23N2O5+. The van der Waals surface area contributed by atoms with Gasteiger partial charge in [-0.15, -0.1) is 0 Å². The summed E-state index contributed by atoms with van der Waals surface area (Å²) in [6, 6.07) is 3.80. The molecule has 7 heteroatoms. The number of imide groups is 1. The summed E-state index contributed by atoms with van der Waals surface area (Å²) < 4.78 is 14.9. The van der Waals surface area contributed by atoms with Crippen molar-refractivity contribution in [2.75, 3.05) is 34.9 Å². The van der Waals surface area contributed by atoms with E-state index in [0.29, 0.717) is 18.0 Å². The number of hydrogen-bond donors (Lipinski definition) is 2. The number of benzene rings is 1. The van der Waals surface area contributed by atoms with Gasteiger partial charge in [0.05, 0.1) is 28.4 Å². The van der Waals surface area contributed by atoms with Crippen LogP contribution < -0.4 is 19.7 Å². The van der Waals surface area contributed by atoms with Gasteiger partial charge in [-0.3, -0.25) is 10.1 Å². The molecule has 2 N–H and O–H groups in total. The van der Waals surface area contributed by atoms with Gasteiger partial charge in [-0.2, -0.15) is 0 Å². The molecule has 0 aliphatic heterocycles. The quantitative estimate of drug-likeness (QED) is 0.768. The van der Waals surface area contributed by atoms with Crippen LogP contribution in [-0.4, -0.2) is 46.9 Å². The minimum absolute atomic E-state index is 0.156. The number of carbonyl (C=O) groups excluding carboxylic acids is 2. The number of nitrogens with one attached hydrogen (secondary N) is 2. The predicted molar refractivity (Wildman–Crippen MR) is 80.3 cm³/mol. The molecule has 1 aromatic carbocycles. The number of quaternary nitrogens is 1. The van der Waals surface area contributed by atoms with Gasteiger partial charge in [0.15, 0.2) is 18.0 Å². The van der Waals surface area contributed by atoms with Crippen LogP contribution in [0.25, 0.3) is 0 Å². The minimum atomic E-state index is -0.750. The lowest BCUT2D eigenvalue weighted by atomic mass is 10.1. The van der Waals surface area contributed by atoms with Gasteiger partial charge in [0.1, 0.15) is 6.54 Å². The number of carbonyl (C=O) groups is 2. The molecule has 2 amide bonds. The molecule has 0 aliphatic rings. The molecule has 7 nitrogen and oxygen atoms in total. The Labute approximate surface area is 130 Å². The Morgan fingerprint density at radius 2 is 1.73 bits per heavy atom. The van der Waals surface area contributed by atoms with E-state index in [-0.39, 0.29) is 12.5 Å². The summed E-state index contributed by atoms with van der Waals surface area (Å²) in [7, 11) is 6.25. The fourth-order valence-electron chi connectivity index (χ4n) is 2.08. The molecule has 22 heavy (non-hydrogen) atoms. The Bertz CT molecular complexity index is 545. The van der Waals surface area contributed by atoms with Gasteiger partial charge in [-0.1, -0.05) is 0 Å². The smallest absolute Gasteiger partial charge is 0.413 e. The summed E-state index contributed by atoms with van der Waals surface area (Å²) in [5, 5.41) is 2.14. The molecule has 1 atom stereocenters. The van der Waals surface area contributed by atoms with E-state index in [2.05, 4.69) is 10.1 Å². The van der Waals surface area contributed by atoms with Crippen LogP contribution in [-0.2, 0) is 16.1 Å². The Morgan fingerprint density at radius 1 is 1.14 bits per heavy atom. The van der Waals surface area contributed by atoms with Crippen LogP contribution >= 0.6 is 0 Å². The molecule has 0 radical (unpaired) electrons. The van der Waals surface area contributed by atoms with Gasteiger partial charge in [-0.25, -0.2) is 4.79 Å². The molecule has 1 rings (SSSR count). The Hall–Kier alpha value is -2.28. The van der Waals surface area contributed by atoms with Crippen molar-refractivity contribution in [3.63, 3.8) is 0 Å². The van der Waals surface area contributed by atoms with Crippen LogP contribution in [0.1, 0.15) is 11.1 Å². The Morgan fingerprint density at radius 3 is 2.27 bits per heavy atom. The molecule has 1 aromatic rings. The standard InChI is InChI=1S/C15H22N2O5/c1-10-6-12(20-3)13(21-4)7-11(10)8-17(2)9-14(18)16-15(19)22-5/h6-7H,8-9H2,1-5H3,(H,16,18,19)/p+1. The third kappa shape index (κ3) is 4.92. The van der Waals surface area contributed by atoms with Crippen molar-refractivity contribution in [1.29, 1.82) is 0 Å². The lowest BCUT2D eigenvalue weighted by molar-refractivity contribution is -0.885. The second kappa shape index (κ2) is 8.23. The van der Waals surface area contributed by atoms with Crippen LogP contribution in [0, 0.1) is 6.92 Å². The highest BCUT2D eigenvalue weighted by Crippen LogP contribution is 2.29. The predicted octanol–water partition coefficient (Wildman–Crippen LogP) is -0.0905. The number of ether oxygens (including phenoxy) is 3. The molecule has 0 saturated carbocycles. The van der Waals surface area contributed by atoms with Crippen LogP contribution in [0.3, 0.4) is 0 Å². The Kier molecular flexibility index (Phi) is 6.65. The van der Waals surface area contributed by atoms with Crippen LogP contribution in [0.5, 0.6) is 11.5 Å². The fraction of sp³-hybridized carbons (Fsp3) is 0.467. The summed E-state index contributed by atoms with van der Waals surface area (Å²) >= 11 is 0. The fourth-order valence-corrected chi connectivity index (χ4v) is 2.08. The lowest BCUT2D eigenvalue weighted by Gasteiger charge is -2.17. The van der Waals surface area contributed by atoms with Crippen molar-refractivity contribution in [2.45, 2.75) is 13.5 Å². The average molecular weight is 311 g/mol. The topological polar surface area (TPSA) is 78.3 Å². The maximum atomic E-state index is 11.6. The molecule has 0 aliphatic carbocycles. The van der Waals surface area contributed by atoms with Gasteiger partial charge in [0, 0.05) is 5.56 Å². The van der Waals surface area contributed by atoms with Crippen molar-refractivity contribution in [3.8, 4) is 11.5 Å². The van der Waals surface area contributed by atoms with E-state index in [1.807, 2.05) is 26.1 Å². The van der Waals surface area contributed by atoms with Crippen molar-refractivity contribution in [2.24, 2.45) is 0 Å². The van der Waals surface area contributed by atoms with Crippen molar-refractivity contribution >= 4 is 12.0 Å². The number of hydrogen-bond acceptors (Lipinski definition) is 5. The van der Waals surface area contributed by atoms with Crippen molar-refractivity contribution in [1.82, 2.24) is 5.32 Å². The van der Waals surface area contributed by atoms with E-state index in [4.69, 9.17) is 9.47 Å². The van der Waals surface area contributed by atoms with Gasteiger partial charge in [-0.05, 0) is 24.6 Å². The largest absolute Gasteiger partial charge is 0.493 e. The molecule has 0 bridgehead atoms. The molecule has 122 valence electrons. The van der Waals surface area contributed by atoms with Gasteiger partial charge in [0.25, 0.3) is 5.91 Å². The zero-order valence-electron chi connectivity index (χ0n) is 13.6. The summed E-state index contributed by atoms with van der Waals surface area (Å²) in [6.45, 7) is 2.74. The Balaban J connectivity index is 2.73. The highest BCUT2D eigenvalue weighted by Gasteiger charge is 2.16. The molecular weight excluding hydrogens is 288 g/mol. The summed E-state index contributed by atoms with van der Waals surface area (Å²) in [4.78, 5) is 23.5. The summed E-state index contributed by atoms with van der Waals surface area (Å²) in [6.07, 6.45) is -0.750. The molecule has 0 heterocycles. The van der Waals surface area contributed by atoms with Crippen LogP contribution in [0.15, 0.2) is 12.1 Å². The van der Waals surface area contributed by atoms with E-state index in [1.54, 1.807) is 14.2 Å². The summed E-state index contributed by atoms with van der Waals surface area (Å²) in [5.74, 6) is 0.933. The normalized spacial score (nSPS) is 11.5. The van der Waals surface area contributed by atoms with E-state index < -0.39 is 6.09 Å². The maximum absolute atomic E-state index is 11.6. The number of methoxy groups -OCH3 is 3. The first-order chi connectivity index (χ1) is 10.4. The van der Waals surface area contributed by atoms with E-state index in [0.717, 1.165) is 16.0 Å². The number of alkyl carbamates (subject to hydrolysis) is 1. The third-order valence-corrected chi connectivity index (χ3v) is 3.22. The highest BCUT2D eigenvalue weighted by atomic mass is 16.5. The molecule has 0 aromatic heterocycles. The molecule has 1 unspecified atom stereocenters. The number of aryl methyl sites for hydroxylation is 1. The van der Waals surface area contributed by atoms with E-state index in [1.165, 1.54) is 7.11 Å². The molecule has 0 fully saturated rings. The van der Waals surface area contributed by atoms with Gasteiger partial charge in [0.2, 0.25) is 0 Å². The van der Waals surface area contributed by atoms with Crippen molar-refractivity contribution < 1.29 is 28.7 Å². The first-order valence-electron chi connectivity index (χ1n) is 6.81. The molecule has 0 saturated heterocycles. The van der Waals surface area contributed by atoms with Crippen LogP contribution in [0.4, 0.5) is 4.79 Å². The van der Waals surface area contributed by atoms with Crippen LogP contribution in [0.2, 0.25) is 0 Å². The maximum Gasteiger partial charge on any atom is 0.413 e. The highest BCUT2D eigenvalue weighted by molar-refractivity contribution is 5.92. The second-order valence-electron chi connectivity index (χ2n) is 4.98. The second-order valence-corrected chi connectivity index (χ2v) is 4.98. The summed E-state index contributed by atoms with van der Waals surface area (Å²) in [5.41, 5.74) is 2.09. The monoisotopic (exact) mass is 311 g/mol. The number of rotatable bonds is 6. The van der Waals surface area contributed by atoms with E-state index in [9.17, 15) is 9.59 Å². The lowest BCUT2D eigenvalue weighted by Crippen LogP contribution is -3.09. The first-order valence-corrected chi connectivity index (χ1v) is 6.81. The van der Waals surface area contributed by atoms with Gasteiger partial charge >= 0.3 is 6.09 Å². The van der Waals surface area contributed by atoms with Gasteiger partial charge < -0.3 is 19.1 Å². The zero-order chi connectivity index (χ0) is 16.7. The van der Waals surface area contributed by atoms with E-state index >= 15 is 0 Å². The number of likely N-dealkylation sites (N-methyl/N-ethyl adjacent to an activating group) is 1. The zero-order valence-corrected chi connectivity index (χ0v) is 13.6. The molecule has 0 spiro atoms. The third-order valence-electron chi connectivity index (χ3n) is 3.22.